The third-order valence-electron chi connectivity index (χ3n) is 5.55. The van der Waals surface area contributed by atoms with Crippen LogP contribution in [0.2, 0.25) is 0 Å². The van der Waals surface area contributed by atoms with Crippen LogP contribution in [0.1, 0.15) is 38.7 Å². The summed E-state index contributed by atoms with van der Waals surface area (Å²) in [6.07, 6.45) is 7.11. The second-order valence-corrected chi connectivity index (χ2v) is 7.90. The van der Waals surface area contributed by atoms with Gasteiger partial charge in [0.1, 0.15) is 0 Å². The zero-order valence-electron chi connectivity index (χ0n) is 15.9. The molecular formula is C20H30N4O2. The number of hydrogen-bond acceptors (Lipinski definition) is 4. The lowest BCUT2D eigenvalue weighted by molar-refractivity contribution is -0.145. The maximum Gasteiger partial charge on any atom is 0.311 e. The molecule has 0 spiro atoms. The fourth-order valence-corrected chi connectivity index (χ4v) is 4.16. The molecule has 2 amide bonds. The molecule has 2 aliphatic rings. The maximum atomic E-state index is 12.3. The molecule has 0 aliphatic carbocycles. The van der Waals surface area contributed by atoms with Crippen molar-refractivity contribution in [2.45, 2.75) is 45.7 Å². The molecule has 0 unspecified atom stereocenters. The van der Waals surface area contributed by atoms with Crippen LogP contribution >= 0.6 is 0 Å². The summed E-state index contributed by atoms with van der Waals surface area (Å²) >= 11 is 0. The monoisotopic (exact) mass is 358 g/mol. The number of carbonyl (C=O) groups excluding carboxylic acids is 2. The molecule has 1 aromatic rings. The van der Waals surface area contributed by atoms with Crippen LogP contribution in [0.25, 0.3) is 0 Å². The van der Waals surface area contributed by atoms with Gasteiger partial charge in [-0.25, -0.2) is 0 Å². The van der Waals surface area contributed by atoms with E-state index >= 15 is 0 Å². The van der Waals surface area contributed by atoms with Gasteiger partial charge in [-0.3, -0.25) is 19.5 Å². The van der Waals surface area contributed by atoms with Crippen molar-refractivity contribution < 1.29 is 9.59 Å². The van der Waals surface area contributed by atoms with Gasteiger partial charge >= 0.3 is 11.8 Å². The fourth-order valence-electron chi connectivity index (χ4n) is 4.16. The SMILES string of the molecule is CC(C)NC(=O)C(=O)N1CC[C@H](C2CCN(Cc3cccnc3)CC2)C1. The number of likely N-dealkylation sites (tertiary alicyclic amines) is 2. The average molecular weight is 358 g/mol. The summed E-state index contributed by atoms with van der Waals surface area (Å²) in [5, 5.41) is 2.70. The van der Waals surface area contributed by atoms with Gasteiger partial charge in [0.25, 0.3) is 0 Å². The molecule has 6 heteroatoms. The van der Waals surface area contributed by atoms with Crippen LogP contribution in [0.15, 0.2) is 24.5 Å². The Morgan fingerprint density at radius 3 is 2.58 bits per heavy atom. The zero-order chi connectivity index (χ0) is 18.5. The topological polar surface area (TPSA) is 65.5 Å². The number of rotatable bonds is 4. The first-order valence-corrected chi connectivity index (χ1v) is 9.74. The molecule has 1 atom stereocenters. The predicted octanol–water partition coefficient (Wildman–Crippen LogP) is 1.67. The quantitative estimate of drug-likeness (QED) is 0.832. The zero-order valence-corrected chi connectivity index (χ0v) is 15.9. The fraction of sp³-hybridized carbons (Fsp3) is 0.650. The standard InChI is InChI=1S/C20H30N4O2/c1-15(2)22-19(25)20(26)24-11-7-18(14-24)17-5-9-23(10-6-17)13-16-4-3-8-21-12-16/h3-4,8,12,15,17-18H,5-7,9-11,13-14H2,1-2H3,(H,22,25)/t18-/m0/s1. The van der Waals surface area contributed by atoms with Crippen molar-refractivity contribution in [3.63, 3.8) is 0 Å². The van der Waals surface area contributed by atoms with Crippen LogP contribution in [-0.2, 0) is 16.1 Å². The Morgan fingerprint density at radius 2 is 1.92 bits per heavy atom. The largest absolute Gasteiger partial charge is 0.346 e. The minimum atomic E-state index is -0.466. The van der Waals surface area contributed by atoms with E-state index in [0.717, 1.165) is 32.6 Å². The van der Waals surface area contributed by atoms with Crippen LogP contribution in [0.5, 0.6) is 0 Å². The van der Waals surface area contributed by atoms with E-state index in [1.54, 1.807) is 4.90 Å². The normalized spacial score (nSPS) is 22.0. The summed E-state index contributed by atoms with van der Waals surface area (Å²) < 4.78 is 0. The molecular weight excluding hydrogens is 328 g/mol. The number of carbonyl (C=O) groups is 2. The summed E-state index contributed by atoms with van der Waals surface area (Å²) in [6, 6.07) is 4.11. The highest BCUT2D eigenvalue weighted by Gasteiger charge is 2.35. The van der Waals surface area contributed by atoms with E-state index in [9.17, 15) is 9.59 Å². The first kappa shape index (κ1) is 18.8. The van der Waals surface area contributed by atoms with Gasteiger partial charge in [-0.1, -0.05) is 6.07 Å². The summed E-state index contributed by atoms with van der Waals surface area (Å²) in [4.78, 5) is 32.6. The molecule has 3 heterocycles. The van der Waals surface area contributed by atoms with Gasteiger partial charge in [-0.2, -0.15) is 0 Å². The van der Waals surface area contributed by atoms with Crippen LogP contribution in [0, 0.1) is 11.8 Å². The van der Waals surface area contributed by atoms with Crippen molar-refractivity contribution in [2.75, 3.05) is 26.2 Å². The van der Waals surface area contributed by atoms with Gasteiger partial charge in [0, 0.05) is 38.1 Å². The minimum Gasteiger partial charge on any atom is -0.346 e. The highest BCUT2D eigenvalue weighted by molar-refractivity contribution is 6.35. The molecule has 2 fully saturated rings. The third-order valence-corrected chi connectivity index (χ3v) is 5.55. The molecule has 2 aliphatic heterocycles. The maximum absolute atomic E-state index is 12.3. The van der Waals surface area contributed by atoms with Crippen LogP contribution in [0.4, 0.5) is 0 Å². The van der Waals surface area contributed by atoms with Crippen molar-refractivity contribution in [3.8, 4) is 0 Å². The average Bonchev–Trinajstić information content (AvgIpc) is 3.12. The predicted molar refractivity (Wildman–Crippen MR) is 100 cm³/mol. The number of pyridine rings is 1. The van der Waals surface area contributed by atoms with E-state index in [-0.39, 0.29) is 11.9 Å². The Kier molecular flexibility index (Phi) is 6.25. The van der Waals surface area contributed by atoms with Crippen molar-refractivity contribution in [1.82, 2.24) is 20.1 Å². The van der Waals surface area contributed by atoms with Crippen molar-refractivity contribution >= 4 is 11.8 Å². The van der Waals surface area contributed by atoms with E-state index in [2.05, 4.69) is 21.3 Å². The number of nitrogens with one attached hydrogen (secondary N) is 1. The lowest BCUT2D eigenvalue weighted by Gasteiger charge is -2.34. The van der Waals surface area contributed by atoms with Gasteiger partial charge in [-0.05, 0) is 69.7 Å². The first-order valence-electron chi connectivity index (χ1n) is 9.74. The number of aromatic nitrogens is 1. The highest BCUT2D eigenvalue weighted by Crippen LogP contribution is 2.32. The Labute approximate surface area is 156 Å². The summed E-state index contributed by atoms with van der Waals surface area (Å²) in [5.41, 5.74) is 1.26. The molecule has 0 saturated carbocycles. The molecule has 1 aromatic heterocycles. The van der Waals surface area contributed by atoms with Gasteiger partial charge in [0.15, 0.2) is 0 Å². The number of piperidine rings is 1. The Balaban J connectivity index is 1.44. The smallest absolute Gasteiger partial charge is 0.311 e. The third kappa shape index (κ3) is 4.81. The summed E-state index contributed by atoms with van der Waals surface area (Å²) in [5.74, 6) is 0.361. The minimum absolute atomic E-state index is 0.00556. The second kappa shape index (κ2) is 8.62. The van der Waals surface area contributed by atoms with E-state index in [1.807, 2.05) is 32.3 Å². The molecule has 142 valence electrons. The van der Waals surface area contributed by atoms with Crippen molar-refractivity contribution in [3.05, 3.63) is 30.1 Å². The molecule has 26 heavy (non-hydrogen) atoms. The molecule has 0 aromatic carbocycles. The van der Waals surface area contributed by atoms with Crippen LogP contribution in [0.3, 0.4) is 0 Å². The number of hydrogen-bond donors (Lipinski definition) is 1. The molecule has 3 rings (SSSR count). The van der Waals surface area contributed by atoms with E-state index in [1.165, 1.54) is 18.4 Å². The lowest BCUT2D eigenvalue weighted by atomic mass is 9.83. The van der Waals surface area contributed by atoms with E-state index in [4.69, 9.17) is 0 Å². The van der Waals surface area contributed by atoms with E-state index in [0.29, 0.717) is 18.4 Å². The van der Waals surface area contributed by atoms with Gasteiger partial charge < -0.3 is 10.2 Å². The summed E-state index contributed by atoms with van der Waals surface area (Å²) in [7, 11) is 0. The molecule has 6 nitrogen and oxygen atoms in total. The second-order valence-electron chi connectivity index (χ2n) is 7.90. The van der Waals surface area contributed by atoms with Gasteiger partial charge in [0.05, 0.1) is 0 Å². The Morgan fingerprint density at radius 1 is 1.19 bits per heavy atom. The Bertz CT molecular complexity index is 611. The number of amides is 2. The first-order chi connectivity index (χ1) is 12.5. The summed E-state index contributed by atoms with van der Waals surface area (Å²) in [6.45, 7) is 8.35. The number of nitrogens with zero attached hydrogens (tertiary/aromatic N) is 3. The van der Waals surface area contributed by atoms with Crippen molar-refractivity contribution in [1.29, 1.82) is 0 Å². The molecule has 0 radical (unpaired) electrons. The van der Waals surface area contributed by atoms with Gasteiger partial charge in [-0.15, -0.1) is 0 Å². The molecule has 2 saturated heterocycles. The van der Waals surface area contributed by atoms with Crippen LogP contribution < -0.4 is 5.32 Å². The lowest BCUT2D eigenvalue weighted by Crippen LogP contribution is -2.44. The molecule has 1 N–H and O–H groups in total. The van der Waals surface area contributed by atoms with Crippen molar-refractivity contribution in [2.24, 2.45) is 11.8 Å². The molecule has 0 bridgehead atoms. The van der Waals surface area contributed by atoms with Gasteiger partial charge in [0.2, 0.25) is 0 Å². The highest BCUT2D eigenvalue weighted by atomic mass is 16.2. The Hall–Kier alpha value is -1.95. The van der Waals surface area contributed by atoms with Crippen LogP contribution in [-0.4, -0.2) is 58.8 Å². The van der Waals surface area contributed by atoms with E-state index < -0.39 is 5.91 Å².